The summed E-state index contributed by atoms with van der Waals surface area (Å²) in [6.45, 7) is 3.97. The largest absolute Gasteiger partial charge is 0.348 e. The van der Waals surface area contributed by atoms with Crippen LogP contribution in [0.3, 0.4) is 0 Å². The van der Waals surface area contributed by atoms with E-state index in [0.717, 1.165) is 16.5 Å². The average Bonchev–Trinajstić information content (AvgIpc) is 2.31. The fraction of sp³-hybridized carbons (Fsp3) is 0.357. The van der Waals surface area contributed by atoms with Crippen molar-refractivity contribution in [2.75, 3.05) is 0 Å². The highest BCUT2D eigenvalue weighted by Crippen LogP contribution is 2.18. The summed E-state index contributed by atoms with van der Waals surface area (Å²) in [5.74, 6) is 2.49. The van der Waals surface area contributed by atoms with Gasteiger partial charge >= 0.3 is 0 Å². The third-order valence-electron chi connectivity index (χ3n) is 2.56. The van der Waals surface area contributed by atoms with Gasteiger partial charge in [0.05, 0.1) is 5.56 Å². The van der Waals surface area contributed by atoms with Gasteiger partial charge in [-0.1, -0.05) is 18.6 Å². The summed E-state index contributed by atoms with van der Waals surface area (Å²) < 4.78 is 0.802. The Kier molecular flexibility index (Phi) is 5.24. The zero-order valence-electron chi connectivity index (χ0n) is 10.1. The van der Waals surface area contributed by atoms with Crippen LogP contribution in [0.1, 0.15) is 35.7 Å². The number of carbonyl (C=O) groups excluding carboxylic acids is 1. The van der Waals surface area contributed by atoms with Crippen LogP contribution in [0.15, 0.2) is 22.7 Å². The monoisotopic (exact) mass is 293 g/mol. The van der Waals surface area contributed by atoms with Crippen LogP contribution in [0.4, 0.5) is 0 Å². The Morgan fingerprint density at radius 3 is 2.88 bits per heavy atom. The maximum absolute atomic E-state index is 12.1. The van der Waals surface area contributed by atoms with Gasteiger partial charge in [0.15, 0.2) is 0 Å². The second-order valence-corrected chi connectivity index (χ2v) is 4.82. The molecule has 90 valence electrons. The summed E-state index contributed by atoms with van der Waals surface area (Å²) >= 11 is 3.38. The molecule has 0 aromatic heterocycles. The lowest BCUT2D eigenvalue weighted by molar-refractivity contribution is 0.0936. The van der Waals surface area contributed by atoms with E-state index in [9.17, 15) is 4.79 Å². The Balaban J connectivity index is 2.82. The lowest BCUT2D eigenvalue weighted by Crippen LogP contribution is -2.34. The highest BCUT2D eigenvalue weighted by Gasteiger charge is 2.13. The van der Waals surface area contributed by atoms with Crippen molar-refractivity contribution in [1.29, 1.82) is 0 Å². The molecule has 0 saturated carbocycles. The van der Waals surface area contributed by atoms with Crippen LogP contribution in [-0.4, -0.2) is 11.9 Å². The van der Waals surface area contributed by atoms with Crippen molar-refractivity contribution in [3.05, 3.63) is 33.8 Å². The first-order chi connectivity index (χ1) is 8.08. The maximum Gasteiger partial charge on any atom is 0.252 e. The molecule has 0 spiro atoms. The van der Waals surface area contributed by atoms with E-state index in [-0.39, 0.29) is 11.9 Å². The molecule has 1 amide bonds. The zero-order valence-corrected chi connectivity index (χ0v) is 11.7. The van der Waals surface area contributed by atoms with Crippen LogP contribution in [0.5, 0.6) is 0 Å². The van der Waals surface area contributed by atoms with Crippen LogP contribution < -0.4 is 5.32 Å². The summed E-state index contributed by atoms with van der Waals surface area (Å²) in [7, 11) is 0. The molecule has 0 saturated heterocycles. The Labute approximate surface area is 111 Å². The molecule has 0 radical (unpaired) electrons. The molecular formula is C14H16BrNO. The van der Waals surface area contributed by atoms with Gasteiger partial charge in [0.1, 0.15) is 0 Å². The van der Waals surface area contributed by atoms with Crippen molar-refractivity contribution in [2.24, 2.45) is 0 Å². The quantitative estimate of drug-likeness (QED) is 0.848. The predicted octanol–water partition coefficient (Wildman–Crippen LogP) is 3.29. The third-order valence-corrected chi connectivity index (χ3v) is 3.25. The molecule has 1 atom stereocenters. The summed E-state index contributed by atoms with van der Waals surface area (Å²) in [5, 5.41) is 2.94. The number of benzene rings is 1. The van der Waals surface area contributed by atoms with Crippen LogP contribution >= 0.6 is 15.9 Å². The van der Waals surface area contributed by atoms with Crippen LogP contribution in [0.2, 0.25) is 0 Å². The van der Waals surface area contributed by atoms with E-state index < -0.39 is 0 Å². The number of halogens is 1. The summed E-state index contributed by atoms with van der Waals surface area (Å²) in [5.41, 5.74) is 1.71. The number of nitrogens with one attached hydrogen (secondary N) is 1. The maximum atomic E-state index is 12.1. The van der Waals surface area contributed by atoms with Gasteiger partial charge in [-0.3, -0.25) is 4.79 Å². The van der Waals surface area contributed by atoms with Crippen molar-refractivity contribution in [3.63, 3.8) is 0 Å². The van der Waals surface area contributed by atoms with Crippen molar-refractivity contribution >= 4 is 21.8 Å². The topological polar surface area (TPSA) is 29.1 Å². The molecule has 1 unspecified atom stereocenters. The molecule has 0 fully saturated rings. The van der Waals surface area contributed by atoms with Gasteiger partial charge in [-0.05, 0) is 41.4 Å². The number of carbonyl (C=O) groups is 1. The van der Waals surface area contributed by atoms with E-state index in [1.165, 1.54) is 0 Å². The van der Waals surface area contributed by atoms with Gasteiger partial charge in [-0.2, -0.15) is 0 Å². The molecule has 17 heavy (non-hydrogen) atoms. The summed E-state index contributed by atoms with van der Waals surface area (Å²) in [4.78, 5) is 12.1. The SMILES string of the molecule is C#CCC(CC)NC(=O)c1cc(C)ccc1Br. The van der Waals surface area contributed by atoms with E-state index in [0.29, 0.717) is 12.0 Å². The minimum absolute atomic E-state index is 0.0416. The molecule has 2 nitrogen and oxygen atoms in total. The molecule has 1 rings (SSSR count). The molecule has 0 aliphatic rings. The number of rotatable bonds is 4. The molecule has 1 aromatic carbocycles. The van der Waals surface area contributed by atoms with E-state index >= 15 is 0 Å². The van der Waals surface area contributed by atoms with E-state index in [1.807, 2.05) is 32.0 Å². The first-order valence-electron chi connectivity index (χ1n) is 5.59. The third kappa shape index (κ3) is 3.90. The first kappa shape index (κ1) is 13.8. The number of hydrogen-bond acceptors (Lipinski definition) is 1. The molecule has 3 heteroatoms. The molecule has 0 aliphatic carbocycles. The Hall–Kier alpha value is -1.27. The smallest absolute Gasteiger partial charge is 0.252 e. The fourth-order valence-corrected chi connectivity index (χ4v) is 1.94. The van der Waals surface area contributed by atoms with Gasteiger partial charge in [0.2, 0.25) is 0 Å². The Morgan fingerprint density at radius 1 is 1.59 bits per heavy atom. The van der Waals surface area contributed by atoms with Gasteiger partial charge in [-0.25, -0.2) is 0 Å². The van der Waals surface area contributed by atoms with Gasteiger partial charge in [-0.15, -0.1) is 12.3 Å². The number of aryl methyl sites for hydroxylation is 1. The molecule has 1 N–H and O–H groups in total. The van der Waals surface area contributed by atoms with Crippen molar-refractivity contribution in [1.82, 2.24) is 5.32 Å². The van der Waals surface area contributed by atoms with Gasteiger partial charge < -0.3 is 5.32 Å². The molecule has 0 heterocycles. The average molecular weight is 294 g/mol. The minimum atomic E-state index is -0.0809. The van der Waals surface area contributed by atoms with Crippen molar-refractivity contribution in [2.45, 2.75) is 32.7 Å². The van der Waals surface area contributed by atoms with Crippen molar-refractivity contribution in [3.8, 4) is 12.3 Å². The number of hydrogen-bond donors (Lipinski definition) is 1. The minimum Gasteiger partial charge on any atom is -0.348 e. The molecule has 0 bridgehead atoms. The van der Waals surface area contributed by atoms with Crippen LogP contribution in [-0.2, 0) is 0 Å². The fourth-order valence-electron chi connectivity index (χ4n) is 1.52. The second kappa shape index (κ2) is 6.46. The summed E-state index contributed by atoms with van der Waals surface area (Å²) in [6, 6.07) is 5.74. The number of terminal acetylenes is 1. The van der Waals surface area contributed by atoms with Crippen LogP contribution in [0.25, 0.3) is 0 Å². The second-order valence-electron chi connectivity index (χ2n) is 3.97. The lowest BCUT2D eigenvalue weighted by Gasteiger charge is -2.15. The van der Waals surface area contributed by atoms with Crippen LogP contribution in [0, 0.1) is 19.3 Å². The highest BCUT2D eigenvalue weighted by molar-refractivity contribution is 9.10. The van der Waals surface area contributed by atoms with Crippen molar-refractivity contribution < 1.29 is 4.79 Å². The molecule has 1 aromatic rings. The van der Waals surface area contributed by atoms with Gasteiger partial charge in [0.25, 0.3) is 5.91 Å². The Bertz CT molecular complexity index is 448. The molecule has 0 aliphatic heterocycles. The zero-order chi connectivity index (χ0) is 12.8. The number of amides is 1. The Morgan fingerprint density at radius 2 is 2.29 bits per heavy atom. The van der Waals surface area contributed by atoms with E-state index in [2.05, 4.69) is 27.2 Å². The summed E-state index contributed by atoms with van der Waals surface area (Å²) in [6.07, 6.45) is 6.66. The van der Waals surface area contributed by atoms with E-state index in [4.69, 9.17) is 6.42 Å². The van der Waals surface area contributed by atoms with E-state index in [1.54, 1.807) is 0 Å². The van der Waals surface area contributed by atoms with Gasteiger partial charge in [0, 0.05) is 16.9 Å². The normalized spacial score (nSPS) is 11.6. The standard InChI is InChI=1S/C14H16BrNO/c1-4-6-11(5-2)16-14(17)12-9-10(3)7-8-13(12)15/h1,7-9,11H,5-6H2,2-3H3,(H,16,17). The predicted molar refractivity (Wildman–Crippen MR) is 73.9 cm³/mol. The molecular weight excluding hydrogens is 278 g/mol. The first-order valence-corrected chi connectivity index (χ1v) is 6.38. The lowest BCUT2D eigenvalue weighted by atomic mass is 10.1. The highest BCUT2D eigenvalue weighted by atomic mass is 79.9.